The third kappa shape index (κ3) is 1.75. The molecule has 2 aromatic rings. The number of rotatable bonds is 2. The van der Waals surface area contributed by atoms with Crippen LogP contribution in [0.25, 0.3) is 11.1 Å². The Balaban J connectivity index is 1.84. The topological polar surface area (TPSA) is 38.1 Å². The molecule has 1 aromatic carbocycles. The van der Waals surface area contributed by atoms with Crippen LogP contribution in [-0.4, -0.2) is 17.6 Å². The number of fused-ring (bicyclic) bond motifs is 1. The van der Waals surface area contributed by atoms with Crippen molar-refractivity contribution in [3.05, 3.63) is 30.2 Å². The molecule has 1 aliphatic heterocycles. The molecule has 0 radical (unpaired) electrons. The average Bonchev–Trinajstić information content (AvgIpc) is 2.87. The molecule has 2 heterocycles. The quantitative estimate of drug-likeness (QED) is 0.810. The Kier molecular flexibility index (Phi) is 2.18. The molecular weight excluding hydrogens is 188 g/mol. The van der Waals surface area contributed by atoms with Crippen LogP contribution >= 0.6 is 0 Å². The van der Waals surface area contributed by atoms with Gasteiger partial charge in [0, 0.05) is 6.04 Å². The lowest BCUT2D eigenvalue weighted by Crippen LogP contribution is -2.23. The molecule has 0 bridgehead atoms. The normalized spacial score (nSPS) is 21.2. The molecule has 1 aliphatic rings. The van der Waals surface area contributed by atoms with Crippen LogP contribution < -0.4 is 5.32 Å². The van der Waals surface area contributed by atoms with Gasteiger partial charge in [-0.1, -0.05) is 6.07 Å². The predicted octanol–water partition coefficient (Wildman–Crippen LogP) is 2.12. The van der Waals surface area contributed by atoms with E-state index in [1.54, 1.807) is 0 Å². The van der Waals surface area contributed by atoms with Gasteiger partial charge in [0.05, 0.1) is 0 Å². The molecule has 1 saturated heterocycles. The first-order chi connectivity index (χ1) is 7.42. The molecule has 0 amide bonds. The van der Waals surface area contributed by atoms with Gasteiger partial charge in [-0.3, -0.25) is 0 Å². The van der Waals surface area contributed by atoms with Crippen LogP contribution in [0.15, 0.2) is 29.0 Å². The number of nitrogens with one attached hydrogen (secondary N) is 1. The number of hydrogen-bond acceptors (Lipinski definition) is 3. The van der Waals surface area contributed by atoms with Gasteiger partial charge in [-0.2, -0.15) is 0 Å². The van der Waals surface area contributed by atoms with Crippen molar-refractivity contribution < 1.29 is 4.42 Å². The van der Waals surface area contributed by atoms with Crippen molar-refractivity contribution in [1.82, 2.24) is 10.3 Å². The monoisotopic (exact) mass is 202 g/mol. The summed E-state index contributed by atoms with van der Waals surface area (Å²) in [6.45, 7) is 1.16. The fraction of sp³-hybridized carbons (Fsp3) is 0.417. The number of benzene rings is 1. The van der Waals surface area contributed by atoms with Crippen LogP contribution in [0.1, 0.15) is 18.4 Å². The predicted molar refractivity (Wildman–Crippen MR) is 58.7 cm³/mol. The average molecular weight is 202 g/mol. The van der Waals surface area contributed by atoms with E-state index in [2.05, 4.69) is 22.4 Å². The van der Waals surface area contributed by atoms with Gasteiger partial charge in [-0.25, -0.2) is 4.98 Å². The summed E-state index contributed by atoms with van der Waals surface area (Å²) in [5.41, 5.74) is 3.17. The number of hydrogen-bond donors (Lipinski definition) is 1. The molecule has 15 heavy (non-hydrogen) atoms. The first-order valence-electron chi connectivity index (χ1n) is 5.47. The summed E-state index contributed by atoms with van der Waals surface area (Å²) in [5, 5.41) is 3.50. The molecule has 1 aromatic heterocycles. The zero-order chi connectivity index (χ0) is 10.1. The summed E-state index contributed by atoms with van der Waals surface area (Å²) >= 11 is 0. The van der Waals surface area contributed by atoms with Crippen molar-refractivity contribution >= 4 is 11.1 Å². The third-order valence-corrected chi connectivity index (χ3v) is 3.04. The summed E-state index contributed by atoms with van der Waals surface area (Å²) in [6.07, 6.45) is 5.18. The van der Waals surface area contributed by atoms with E-state index in [9.17, 15) is 0 Å². The van der Waals surface area contributed by atoms with Crippen LogP contribution in [0.3, 0.4) is 0 Å². The van der Waals surface area contributed by atoms with E-state index in [1.807, 2.05) is 6.07 Å². The van der Waals surface area contributed by atoms with E-state index < -0.39 is 0 Å². The minimum absolute atomic E-state index is 0.644. The van der Waals surface area contributed by atoms with Gasteiger partial charge in [0.2, 0.25) is 0 Å². The van der Waals surface area contributed by atoms with Crippen LogP contribution in [0.2, 0.25) is 0 Å². The zero-order valence-electron chi connectivity index (χ0n) is 8.57. The summed E-state index contributed by atoms with van der Waals surface area (Å²) in [4.78, 5) is 4.11. The Morgan fingerprint density at radius 1 is 1.47 bits per heavy atom. The second-order valence-electron chi connectivity index (χ2n) is 4.15. The van der Waals surface area contributed by atoms with Crippen molar-refractivity contribution in [3.8, 4) is 0 Å². The van der Waals surface area contributed by atoms with Gasteiger partial charge >= 0.3 is 0 Å². The molecule has 3 nitrogen and oxygen atoms in total. The van der Waals surface area contributed by atoms with Crippen LogP contribution in [0.5, 0.6) is 0 Å². The maximum Gasteiger partial charge on any atom is 0.181 e. The molecule has 0 aliphatic carbocycles. The molecule has 3 rings (SSSR count). The van der Waals surface area contributed by atoms with Crippen molar-refractivity contribution in [2.75, 3.05) is 6.54 Å². The first kappa shape index (κ1) is 8.92. The maximum atomic E-state index is 5.29. The van der Waals surface area contributed by atoms with Gasteiger partial charge in [-0.05, 0) is 43.5 Å². The zero-order valence-corrected chi connectivity index (χ0v) is 8.57. The van der Waals surface area contributed by atoms with E-state index >= 15 is 0 Å². The minimum atomic E-state index is 0.644. The van der Waals surface area contributed by atoms with Gasteiger partial charge in [0.15, 0.2) is 12.0 Å². The van der Waals surface area contributed by atoms with E-state index in [4.69, 9.17) is 4.42 Å². The third-order valence-electron chi connectivity index (χ3n) is 3.04. The van der Waals surface area contributed by atoms with E-state index in [1.165, 1.54) is 24.8 Å². The second kappa shape index (κ2) is 3.66. The Morgan fingerprint density at radius 3 is 3.33 bits per heavy atom. The van der Waals surface area contributed by atoms with Gasteiger partial charge in [0.1, 0.15) is 5.52 Å². The van der Waals surface area contributed by atoms with Gasteiger partial charge in [0.25, 0.3) is 0 Å². The molecule has 1 unspecified atom stereocenters. The molecule has 1 fully saturated rings. The summed E-state index contributed by atoms with van der Waals surface area (Å²) in [7, 11) is 0. The van der Waals surface area contributed by atoms with Crippen molar-refractivity contribution in [2.45, 2.75) is 25.3 Å². The number of nitrogens with zero attached hydrogens (tertiary/aromatic N) is 1. The summed E-state index contributed by atoms with van der Waals surface area (Å²) < 4.78 is 5.29. The fourth-order valence-electron chi connectivity index (χ4n) is 2.24. The van der Waals surface area contributed by atoms with E-state index in [0.29, 0.717) is 6.04 Å². The van der Waals surface area contributed by atoms with Gasteiger partial charge < -0.3 is 9.73 Å². The molecule has 0 spiro atoms. The SMILES string of the molecule is c1nc2ccc(CC3CCCN3)cc2o1. The van der Waals surface area contributed by atoms with Crippen LogP contribution in [0.4, 0.5) is 0 Å². The summed E-state index contributed by atoms with van der Waals surface area (Å²) in [6, 6.07) is 6.92. The van der Waals surface area contributed by atoms with Crippen molar-refractivity contribution in [1.29, 1.82) is 0 Å². The lowest BCUT2D eigenvalue weighted by atomic mass is 10.0. The lowest BCUT2D eigenvalue weighted by molar-refractivity contribution is 0.594. The standard InChI is InChI=1S/C12H14N2O/c1-2-10(13-5-1)6-9-3-4-11-12(7-9)15-8-14-11/h3-4,7-8,10,13H,1-2,5-6H2. The highest BCUT2D eigenvalue weighted by atomic mass is 16.3. The Labute approximate surface area is 88.5 Å². The molecular formula is C12H14N2O. The Bertz CT molecular complexity index is 457. The molecule has 1 atom stereocenters. The van der Waals surface area contributed by atoms with Crippen LogP contribution in [-0.2, 0) is 6.42 Å². The smallest absolute Gasteiger partial charge is 0.181 e. The number of oxazole rings is 1. The van der Waals surface area contributed by atoms with Crippen LogP contribution in [0, 0.1) is 0 Å². The Morgan fingerprint density at radius 2 is 2.47 bits per heavy atom. The summed E-state index contributed by atoms with van der Waals surface area (Å²) in [5.74, 6) is 0. The highest BCUT2D eigenvalue weighted by Crippen LogP contribution is 2.17. The Hall–Kier alpha value is -1.35. The molecule has 3 heteroatoms. The highest BCUT2D eigenvalue weighted by molar-refractivity contribution is 5.72. The lowest BCUT2D eigenvalue weighted by Gasteiger charge is -2.09. The largest absolute Gasteiger partial charge is 0.443 e. The molecule has 1 N–H and O–H groups in total. The van der Waals surface area contributed by atoms with Gasteiger partial charge in [-0.15, -0.1) is 0 Å². The number of aromatic nitrogens is 1. The fourth-order valence-corrected chi connectivity index (χ4v) is 2.24. The highest BCUT2D eigenvalue weighted by Gasteiger charge is 2.14. The van der Waals surface area contributed by atoms with E-state index in [0.717, 1.165) is 24.1 Å². The first-order valence-corrected chi connectivity index (χ1v) is 5.47. The maximum absolute atomic E-state index is 5.29. The molecule has 0 saturated carbocycles. The molecule has 78 valence electrons. The van der Waals surface area contributed by atoms with E-state index in [-0.39, 0.29) is 0 Å². The second-order valence-corrected chi connectivity index (χ2v) is 4.15. The minimum Gasteiger partial charge on any atom is -0.443 e. The van der Waals surface area contributed by atoms with Crippen molar-refractivity contribution in [3.63, 3.8) is 0 Å². The van der Waals surface area contributed by atoms with Crippen molar-refractivity contribution in [2.24, 2.45) is 0 Å².